The fraction of sp³-hybridized carbons (Fsp3) is 0.222. The molecule has 0 saturated heterocycles. The van der Waals surface area contributed by atoms with E-state index in [1.807, 2.05) is 64.1 Å². The van der Waals surface area contributed by atoms with Gasteiger partial charge < -0.3 is 0 Å². The van der Waals surface area contributed by atoms with Gasteiger partial charge in [-0.15, -0.1) is 0 Å². The first-order valence-electron chi connectivity index (χ1n) is 6.38. The molecule has 110 valence electrons. The summed E-state index contributed by atoms with van der Waals surface area (Å²) in [5, 5.41) is 0. The normalized spacial score (nSPS) is 8.48. The smallest absolute Gasteiger partial charge is 0.193 e. The molecule has 2 aromatic rings. The van der Waals surface area contributed by atoms with Crippen LogP contribution in [-0.4, -0.2) is 0 Å². The Hall–Kier alpha value is -1.92. The summed E-state index contributed by atoms with van der Waals surface area (Å²) < 4.78 is 0. The summed E-state index contributed by atoms with van der Waals surface area (Å²) in [6, 6.07) is 11.8. The van der Waals surface area contributed by atoms with E-state index in [0.717, 1.165) is 33.6 Å². The van der Waals surface area contributed by atoms with Crippen molar-refractivity contribution in [2.24, 2.45) is 0 Å². The maximum Gasteiger partial charge on any atom is 0.193 e. The van der Waals surface area contributed by atoms with Crippen molar-refractivity contribution < 1.29 is 20.4 Å². The molecule has 2 rings (SSSR count). The van der Waals surface area contributed by atoms with Crippen LogP contribution < -0.4 is 0 Å². The predicted molar refractivity (Wildman–Crippen MR) is 84.4 cm³/mol. The molecule has 0 fully saturated rings. The van der Waals surface area contributed by atoms with E-state index in [1.54, 1.807) is 0 Å². The molecule has 0 aromatic heterocycles. The maximum absolute atomic E-state index is 6.85. The monoisotopic (exact) mass is 368 g/mol. The Balaban J connectivity index is 0.000000364. The van der Waals surface area contributed by atoms with Crippen molar-refractivity contribution >= 4 is 11.4 Å². The Kier molecular flexibility index (Phi) is 8.27. The molecule has 0 aliphatic rings. The van der Waals surface area contributed by atoms with Gasteiger partial charge in [-0.1, -0.05) is 36.4 Å². The van der Waals surface area contributed by atoms with E-state index in [9.17, 15) is 0 Å². The van der Waals surface area contributed by atoms with Gasteiger partial charge in [0.25, 0.3) is 0 Å². The number of para-hydroxylation sites is 2. The van der Waals surface area contributed by atoms with Crippen LogP contribution in [-0.2, 0) is 20.4 Å². The number of hydrogen-bond acceptors (Lipinski definition) is 0. The quantitative estimate of drug-likeness (QED) is 0.416. The summed E-state index contributed by atoms with van der Waals surface area (Å²) in [5.74, 6) is 0. The molecule has 0 aliphatic heterocycles. The molecule has 0 spiro atoms. The fourth-order valence-electron chi connectivity index (χ4n) is 1.96. The van der Waals surface area contributed by atoms with E-state index < -0.39 is 0 Å². The second kappa shape index (κ2) is 9.10. The van der Waals surface area contributed by atoms with Gasteiger partial charge in [0.1, 0.15) is 0 Å². The number of nitrogens with zero attached hydrogens (tertiary/aromatic N) is 2. The van der Waals surface area contributed by atoms with Crippen LogP contribution in [0.3, 0.4) is 0 Å². The average Bonchev–Trinajstić information content (AvgIpc) is 2.40. The van der Waals surface area contributed by atoms with Crippen LogP contribution in [0, 0.1) is 40.8 Å². The summed E-state index contributed by atoms with van der Waals surface area (Å²) in [6.07, 6.45) is 0. The van der Waals surface area contributed by atoms with Gasteiger partial charge in [0.15, 0.2) is 11.4 Å². The first kappa shape index (κ1) is 19.1. The molecular weight excluding hydrogens is 351 g/mol. The van der Waals surface area contributed by atoms with Gasteiger partial charge in [-0.25, -0.2) is 9.69 Å². The molecule has 0 N–H and O–H groups in total. The third-order valence-electron chi connectivity index (χ3n) is 3.10. The predicted octanol–water partition coefficient (Wildman–Crippen LogP) is 5.71. The van der Waals surface area contributed by atoms with Crippen LogP contribution in [0.5, 0.6) is 0 Å². The standard InChI is InChI=1S/2C9H9N.Pd/c2*1-7-5-4-6-8(2)9(7)10-3;/h2*4-6H,1-2H3;. The second-order valence-electron chi connectivity index (χ2n) is 4.70. The van der Waals surface area contributed by atoms with Crippen molar-refractivity contribution in [3.8, 4) is 0 Å². The van der Waals surface area contributed by atoms with E-state index in [4.69, 9.17) is 13.1 Å². The van der Waals surface area contributed by atoms with Gasteiger partial charge >= 0.3 is 0 Å². The summed E-state index contributed by atoms with van der Waals surface area (Å²) in [7, 11) is 0. The number of benzene rings is 2. The number of aryl methyl sites for hydroxylation is 4. The zero-order chi connectivity index (χ0) is 15.1. The Bertz CT molecular complexity index is 589. The van der Waals surface area contributed by atoms with E-state index in [2.05, 4.69) is 9.69 Å². The van der Waals surface area contributed by atoms with Crippen molar-refractivity contribution in [1.29, 1.82) is 0 Å². The molecule has 0 bridgehead atoms. The van der Waals surface area contributed by atoms with Crippen LogP contribution in [0.2, 0.25) is 0 Å². The Morgan fingerprint density at radius 2 is 0.857 bits per heavy atom. The fourth-order valence-corrected chi connectivity index (χ4v) is 1.96. The molecule has 2 aromatic carbocycles. The van der Waals surface area contributed by atoms with E-state index in [0.29, 0.717) is 0 Å². The molecule has 0 heterocycles. The molecule has 3 heteroatoms. The minimum Gasteiger partial charge on any atom is -0.238 e. The van der Waals surface area contributed by atoms with Gasteiger partial charge in [-0.3, -0.25) is 0 Å². The summed E-state index contributed by atoms with van der Waals surface area (Å²) in [6.45, 7) is 21.5. The largest absolute Gasteiger partial charge is 0.238 e. The molecule has 0 radical (unpaired) electrons. The Morgan fingerprint density at radius 1 is 0.619 bits per heavy atom. The minimum atomic E-state index is 0. The number of rotatable bonds is 0. The summed E-state index contributed by atoms with van der Waals surface area (Å²) in [4.78, 5) is 6.84. The average molecular weight is 369 g/mol. The second-order valence-corrected chi connectivity index (χ2v) is 4.70. The zero-order valence-electron chi connectivity index (χ0n) is 12.7. The van der Waals surface area contributed by atoms with Crippen molar-refractivity contribution in [3.63, 3.8) is 0 Å². The van der Waals surface area contributed by atoms with Crippen LogP contribution in [0.15, 0.2) is 36.4 Å². The number of hydrogen-bond donors (Lipinski definition) is 0. The Labute approximate surface area is 141 Å². The van der Waals surface area contributed by atoms with Crippen molar-refractivity contribution in [2.45, 2.75) is 27.7 Å². The molecule has 0 amide bonds. The van der Waals surface area contributed by atoms with Crippen molar-refractivity contribution in [1.82, 2.24) is 0 Å². The Morgan fingerprint density at radius 3 is 1.00 bits per heavy atom. The topological polar surface area (TPSA) is 8.72 Å². The molecule has 21 heavy (non-hydrogen) atoms. The van der Waals surface area contributed by atoms with E-state index in [1.165, 1.54) is 0 Å². The van der Waals surface area contributed by atoms with Gasteiger partial charge in [-0.2, -0.15) is 0 Å². The van der Waals surface area contributed by atoms with Crippen molar-refractivity contribution in [3.05, 3.63) is 81.5 Å². The van der Waals surface area contributed by atoms with Crippen LogP contribution >= 0.6 is 0 Å². The molecule has 0 atom stereocenters. The van der Waals surface area contributed by atoms with Crippen LogP contribution in [0.4, 0.5) is 11.4 Å². The summed E-state index contributed by atoms with van der Waals surface area (Å²) >= 11 is 0. The van der Waals surface area contributed by atoms with Gasteiger partial charge in [0.2, 0.25) is 0 Å². The molecule has 0 unspecified atom stereocenters. The molecule has 0 saturated carbocycles. The van der Waals surface area contributed by atoms with Crippen molar-refractivity contribution in [2.75, 3.05) is 0 Å². The van der Waals surface area contributed by atoms with Crippen LogP contribution in [0.25, 0.3) is 9.69 Å². The first-order valence-corrected chi connectivity index (χ1v) is 6.38. The van der Waals surface area contributed by atoms with Crippen LogP contribution in [0.1, 0.15) is 22.3 Å². The SMILES string of the molecule is [C-]#[N+]c1c(C)cccc1C.[C-]#[N+]c1c(C)cccc1C.[Pd]. The van der Waals surface area contributed by atoms with E-state index >= 15 is 0 Å². The van der Waals surface area contributed by atoms with Gasteiger partial charge in [-0.05, 0) is 49.9 Å². The van der Waals surface area contributed by atoms with E-state index in [-0.39, 0.29) is 20.4 Å². The third-order valence-corrected chi connectivity index (χ3v) is 3.10. The minimum absolute atomic E-state index is 0. The molecule has 0 aliphatic carbocycles. The van der Waals surface area contributed by atoms with Gasteiger partial charge in [0, 0.05) is 20.4 Å². The van der Waals surface area contributed by atoms with Gasteiger partial charge in [0.05, 0.1) is 13.1 Å². The summed E-state index contributed by atoms with van der Waals surface area (Å²) in [5.41, 5.74) is 5.85. The first-order chi connectivity index (χ1) is 9.51. The third kappa shape index (κ3) is 5.17. The molecular formula is C18H18N2Pd. The molecule has 2 nitrogen and oxygen atoms in total. The zero-order valence-corrected chi connectivity index (χ0v) is 14.2. The maximum atomic E-state index is 6.85.